The second-order valence-electron chi connectivity index (χ2n) is 6.82. The molecule has 3 N–H and O–H groups in total. The van der Waals surface area contributed by atoms with Gasteiger partial charge in [-0.3, -0.25) is 9.59 Å². The molecule has 0 unspecified atom stereocenters. The number of carbonyl (C=O) groups excluding carboxylic acids is 1. The number of nitrogens with zero attached hydrogens (tertiary/aromatic N) is 1. The van der Waals surface area contributed by atoms with E-state index in [1.54, 1.807) is 30.2 Å². The summed E-state index contributed by atoms with van der Waals surface area (Å²) in [5.41, 5.74) is 6.78. The van der Waals surface area contributed by atoms with Gasteiger partial charge in [-0.2, -0.15) is 0 Å². The highest BCUT2D eigenvalue weighted by Gasteiger charge is 2.42. The van der Waals surface area contributed by atoms with Gasteiger partial charge in [0.1, 0.15) is 11.3 Å². The number of rotatable bonds is 3. The number of ether oxygens (including phenoxy) is 1. The van der Waals surface area contributed by atoms with Crippen LogP contribution in [-0.2, 0) is 0 Å². The Kier molecular flexibility index (Phi) is 3.57. The predicted octanol–water partition coefficient (Wildman–Crippen LogP) is 1.35. The zero-order valence-electron chi connectivity index (χ0n) is 13.6. The number of amides is 1. The lowest BCUT2D eigenvalue weighted by Crippen LogP contribution is -2.34. The van der Waals surface area contributed by atoms with Crippen molar-refractivity contribution in [2.45, 2.75) is 18.9 Å². The van der Waals surface area contributed by atoms with E-state index in [1.807, 2.05) is 0 Å². The smallest absolute Gasteiger partial charge is 0.259 e. The van der Waals surface area contributed by atoms with Crippen LogP contribution in [0.4, 0.5) is 0 Å². The SMILES string of the molecule is COc1ccc2[nH]cc(C(=O)N3C[C@H](C4CC4)[C@@H](N)C3)c(=O)c2c1. The molecule has 2 aromatic rings. The third kappa shape index (κ3) is 2.47. The Hall–Kier alpha value is -2.34. The Labute approximate surface area is 139 Å². The Morgan fingerprint density at radius 3 is 2.83 bits per heavy atom. The average Bonchev–Trinajstić information content (AvgIpc) is 3.36. The highest BCUT2D eigenvalue weighted by atomic mass is 16.5. The Morgan fingerprint density at radius 1 is 1.33 bits per heavy atom. The number of methoxy groups -OCH3 is 1. The van der Waals surface area contributed by atoms with Crippen LogP contribution in [-0.4, -0.2) is 42.0 Å². The van der Waals surface area contributed by atoms with Gasteiger partial charge in [-0.05, 0) is 42.9 Å². The van der Waals surface area contributed by atoms with Crippen molar-refractivity contribution < 1.29 is 9.53 Å². The van der Waals surface area contributed by atoms with E-state index in [0.717, 1.165) is 0 Å². The summed E-state index contributed by atoms with van der Waals surface area (Å²) in [5, 5.41) is 0.461. The van der Waals surface area contributed by atoms with E-state index < -0.39 is 0 Å². The minimum absolute atomic E-state index is 0.0149. The Bertz CT molecular complexity index is 856. The zero-order chi connectivity index (χ0) is 16.8. The maximum Gasteiger partial charge on any atom is 0.259 e. The van der Waals surface area contributed by atoms with Crippen molar-refractivity contribution in [1.29, 1.82) is 0 Å². The molecular formula is C18H21N3O3. The molecule has 0 spiro atoms. The number of nitrogens with one attached hydrogen (secondary N) is 1. The summed E-state index contributed by atoms with van der Waals surface area (Å²) in [6, 6.07) is 5.23. The van der Waals surface area contributed by atoms with Crippen molar-refractivity contribution >= 4 is 16.8 Å². The van der Waals surface area contributed by atoms with E-state index in [-0.39, 0.29) is 22.9 Å². The summed E-state index contributed by atoms with van der Waals surface area (Å²) in [5.74, 6) is 1.37. The summed E-state index contributed by atoms with van der Waals surface area (Å²) in [7, 11) is 1.55. The normalized spacial score (nSPS) is 23.7. The number of likely N-dealkylation sites (tertiary alicyclic amines) is 1. The number of aromatic nitrogens is 1. The first-order chi connectivity index (χ1) is 11.6. The summed E-state index contributed by atoms with van der Waals surface area (Å²) in [4.78, 5) is 30.3. The molecule has 2 atom stereocenters. The molecule has 0 radical (unpaired) electrons. The van der Waals surface area contributed by atoms with Crippen LogP contribution in [0.3, 0.4) is 0 Å². The lowest BCUT2D eigenvalue weighted by atomic mass is 9.99. The monoisotopic (exact) mass is 327 g/mol. The topological polar surface area (TPSA) is 88.4 Å². The fraction of sp³-hybridized carbons (Fsp3) is 0.444. The van der Waals surface area contributed by atoms with E-state index in [1.165, 1.54) is 19.0 Å². The quantitative estimate of drug-likeness (QED) is 0.890. The minimum Gasteiger partial charge on any atom is -0.497 e. The standard InChI is InChI=1S/C18H21N3O3/c1-24-11-4-5-16-12(6-11)17(22)13(7-20-16)18(23)21-8-14(10-2-3-10)15(19)9-21/h4-7,10,14-15H,2-3,8-9,19H2,1H3,(H,20,22)/t14-,15+/m1/s1. The van der Waals surface area contributed by atoms with Crippen molar-refractivity contribution in [3.63, 3.8) is 0 Å². The maximum absolute atomic E-state index is 12.8. The third-order valence-electron chi connectivity index (χ3n) is 5.25. The molecule has 2 fully saturated rings. The van der Waals surface area contributed by atoms with Crippen LogP contribution in [0.5, 0.6) is 5.75 Å². The summed E-state index contributed by atoms with van der Waals surface area (Å²) < 4.78 is 5.17. The Balaban J connectivity index is 1.67. The van der Waals surface area contributed by atoms with Crippen LogP contribution in [0.25, 0.3) is 10.9 Å². The lowest BCUT2D eigenvalue weighted by Gasteiger charge is -2.16. The predicted molar refractivity (Wildman–Crippen MR) is 91.2 cm³/mol. The number of pyridine rings is 1. The first-order valence-electron chi connectivity index (χ1n) is 8.33. The van der Waals surface area contributed by atoms with Gasteiger partial charge in [0, 0.05) is 36.2 Å². The molecule has 2 heterocycles. The lowest BCUT2D eigenvalue weighted by molar-refractivity contribution is 0.0783. The largest absolute Gasteiger partial charge is 0.497 e. The molecule has 1 aromatic carbocycles. The van der Waals surface area contributed by atoms with Gasteiger partial charge < -0.3 is 20.4 Å². The average molecular weight is 327 g/mol. The number of nitrogens with two attached hydrogens (primary N) is 1. The minimum atomic E-state index is -0.268. The van der Waals surface area contributed by atoms with Gasteiger partial charge in [-0.15, -0.1) is 0 Å². The number of fused-ring (bicyclic) bond motifs is 1. The fourth-order valence-corrected chi connectivity index (χ4v) is 3.70. The highest BCUT2D eigenvalue weighted by Crippen LogP contribution is 2.41. The third-order valence-corrected chi connectivity index (χ3v) is 5.25. The van der Waals surface area contributed by atoms with Crippen molar-refractivity contribution in [2.75, 3.05) is 20.2 Å². The number of aromatic amines is 1. The molecule has 4 rings (SSSR count). The first-order valence-corrected chi connectivity index (χ1v) is 8.33. The molecule has 1 saturated heterocycles. The molecule has 126 valence electrons. The van der Waals surface area contributed by atoms with E-state index in [4.69, 9.17) is 10.5 Å². The van der Waals surface area contributed by atoms with Crippen LogP contribution in [0.15, 0.2) is 29.2 Å². The number of H-pyrrole nitrogens is 1. The molecule has 1 aromatic heterocycles. The molecule has 0 bridgehead atoms. The first kappa shape index (κ1) is 15.2. The Morgan fingerprint density at radius 2 is 2.12 bits per heavy atom. The summed E-state index contributed by atoms with van der Waals surface area (Å²) in [6.07, 6.45) is 3.92. The van der Waals surface area contributed by atoms with Gasteiger partial charge in [-0.25, -0.2) is 0 Å². The van der Waals surface area contributed by atoms with Crippen molar-refractivity contribution in [1.82, 2.24) is 9.88 Å². The van der Waals surface area contributed by atoms with Gasteiger partial charge in [-0.1, -0.05) is 0 Å². The fourth-order valence-electron chi connectivity index (χ4n) is 3.70. The number of hydrogen-bond acceptors (Lipinski definition) is 4. The molecular weight excluding hydrogens is 306 g/mol. The van der Waals surface area contributed by atoms with E-state index in [2.05, 4.69) is 4.98 Å². The maximum atomic E-state index is 12.8. The molecule has 24 heavy (non-hydrogen) atoms. The zero-order valence-corrected chi connectivity index (χ0v) is 13.6. The highest BCUT2D eigenvalue weighted by molar-refractivity contribution is 5.97. The van der Waals surface area contributed by atoms with Crippen LogP contribution >= 0.6 is 0 Å². The number of carbonyl (C=O) groups is 1. The summed E-state index contributed by atoms with van der Waals surface area (Å²) in [6.45, 7) is 1.18. The molecule has 6 nitrogen and oxygen atoms in total. The van der Waals surface area contributed by atoms with Crippen LogP contribution in [0.2, 0.25) is 0 Å². The van der Waals surface area contributed by atoms with Gasteiger partial charge in [0.15, 0.2) is 0 Å². The van der Waals surface area contributed by atoms with Crippen molar-refractivity contribution in [3.05, 3.63) is 40.2 Å². The molecule has 1 aliphatic heterocycles. The van der Waals surface area contributed by atoms with Crippen molar-refractivity contribution in [3.8, 4) is 5.75 Å². The van der Waals surface area contributed by atoms with E-state index in [9.17, 15) is 9.59 Å². The molecule has 1 amide bonds. The van der Waals surface area contributed by atoms with E-state index >= 15 is 0 Å². The molecule has 2 aliphatic rings. The van der Waals surface area contributed by atoms with Gasteiger partial charge in [0.25, 0.3) is 5.91 Å². The van der Waals surface area contributed by atoms with Crippen molar-refractivity contribution in [2.24, 2.45) is 17.6 Å². The van der Waals surface area contributed by atoms with Crippen LogP contribution < -0.4 is 15.9 Å². The second kappa shape index (κ2) is 5.63. The molecule has 1 saturated carbocycles. The summed E-state index contributed by atoms with van der Waals surface area (Å²) >= 11 is 0. The van der Waals surface area contributed by atoms with Crippen LogP contribution in [0.1, 0.15) is 23.2 Å². The van der Waals surface area contributed by atoms with Gasteiger partial charge >= 0.3 is 0 Å². The van der Waals surface area contributed by atoms with Gasteiger partial charge in [0.05, 0.1) is 7.11 Å². The number of benzene rings is 1. The second-order valence-corrected chi connectivity index (χ2v) is 6.82. The van der Waals surface area contributed by atoms with Gasteiger partial charge in [0.2, 0.25) is 5.43 Å². The van der Waals surface area contributed by atoms with Crippen LogP contribution in [0, 0.1) is 11.8 Å². The molecule has 1 aliphatic carbocycles. The number of hydrogen-bond donors (Lipinski definition) is 2. The van der Waals surface area contributed by atoms with E-state index in [0.29, 0.717) is 41.6 Å². The molecule has 6 heteroatoms.